The summed E-state index contributed by atoms with van der Waals surface area (Å²) in [6.45, 7) is 1.51. The number of aryl methyl sites for hydroxylation is 1. The molecule has 0 amide bonds. The molecule has 0 radical (unpaired) electrons. The minimum Gasteiger partial charge on any atom is -0.478 e. The van der Waals surface area contributed by atoms with Gasteiger partial charge in [-0.1, -0.05) is 30.3 Å². The highest BCUT2D eigenvalue weighted by molar-refractivity contribution is 5.89. The van der Waals surface area contributed by atoms with Crippen molar-refractivity contribution in [2.24, 2.45) is 0 Å². The fourth-order valence-electron chi connectivity index (χ4n) is 2.91. The summed E-state index contributed by atoms with van der Waals surface area (Å²) in [6.07, 6.45) is 0.426. The predicted octanol–water partition coefficient (Wildman–Crippen LogP) is 3.50. The SMILES string of the molecule is Cc1c(Cc2ccccc2)c(=O)oc2cc(OCC#N)cc(OCC#N)c12. The van der Waals surface area contributed by atoms with Crippen LogP contribution in [0.25, 0.3) is 11.0 Å². The van der Waals surface area contributed by atoms with Crippen LogP contribution in [0.15, 0.2) is 51.7 Å². The van der Waals surface area contributed by atoms with E-state index in [1.54, 1.807) is 12.1 Å². The Bertz CT molecular complexity index is 1110. The van der Waals surface area contributed by atoms with Crippen LogP contribution < -0.4 is 15.1 Å². The van der Waals surface area contributed by atoms with Crippen LogP contribution in [0, 0.1) is 29.6 Å². The monoisotopic (exact) mass is 360 g/mol. The molecule has 0 fully saturated rings. The second-order valence-corrected chi connectivity index (χ2v) is 5.84. The average molecular weight is 360 g/mol. The summed E-state index contributed by atoms with van der Waals surface area (Å²) in [6, 6.07) is 16.6. The highest BCUT2D eigenvalue weighted by Gasteiger charge is 2.17. The minimum atomic E-state index is -0.437. The van der Waals surface area contributed by atoms with E-state index in [0.717, 1.165) is 11.1 Å². The second-order valence-electron chi connectivity index (χ2n) is 5.84. The second kappa shape index (κ2) is 8.07. The number of hydrogen-bond donors (Lipinski definition) is 0. The van der Waals surface area contributed by atoms with E-state index in [-0.39, 0.29) is 18.8 Å². The van der Waals surface area contributed by atoms with Crippen molar-refractivity contribution in [2.45, 2.75) is 13.3 Å². The van der Waals surface area contributed by atoms with Crippen molar-refractivity contribution in [1.29, 1.82) is 10.5 Å². The molecule has 6 heteroatoms. The molecule has 0 spiro atoms. The number of fused-ring (bicyclic) bond motifs is 1. The first-order valence-corrected chi connectivity index (χ1v) is 8.27. The zero-order chi connectivity index (χ0) is 19.2. The van der Waals surface area contributed by atoms with Gasteiger partial charge in [-0.3, -0.25) is 0 Å². The number of rotatable bonds is 6. The third-order valence-electron chi connectivity index (χ3n) is 4.14. The van der Waals surface area contributed by atoms with Gasteiger partial charge in [0.05, 0.1) is 5.39 Å². The maximum absolute atomic E-state index is 12.6. The summed E-state index contributed by atoms with van der Waals surface area (Å²) in [4.78, 5) is 12.6. The Labute approximate surface area is 155 Å². The van der Waals surface area contributed by atoms with E-state index in [0.29, 0.717) is 28.9 Å². The van der Waals surface area contributed by atoms with E-state index in [2.05, 4.69) is 0 Å². The van der Waals surface area contributed by atoms with Crippen molar-refractivity contribution in [2.75, 3.05) is 13.2 Å². The van der Waals surface area contributed by atoms with Crippen molar-refractivity contribution < 1.29 is 13.9 Å². The first-order valence-electron chi connectivity index (χ1n) is 8.27. The predicted molar refractivity (Wildman–Crippen MR) is 98.7 cm³/mol. The lowest BCUT2D eigenvalue weighted by molar-refractivity contribution is 0.351. The van der Waals surface area contributed by atoms with Crippen LogP contribution in [0.4, 0.5) is 0 Å². The molecule has 0 atom stereocenters. The number of benzene rings is 2. The number of nitrogens with zero attached hydrogens (tertiary/aromatic N) is 2. The van der Waals surface area contributed by atoms with Crippen molar-refractivity contribution in [3.8, 4) is 23.6 Å². The highest BCUT2D eigenvalue weighted by atomic mass is 16.5. The average Bonchev–Trinajstić information content (AvgIpc) is 2.68. The first-order chi connectivity index (χ1) is 13.1. The van der Waals surface area contributed by atoms with Crippen molar-refractivity contribution in [3.05, 3.63) is 69.6 Å². The number of ether oxygens (including phenoxy) is 2. The molecule has 134 valence electrons. The van der Waals surface area contributed by atoms with Crippen LogP contribution >= 0.6 is 0 Å². The maximum Gasteiger partial charge on any atom is 0.340 e. The fourth-order valence-corrected chi connectivity index (χ4v) is 2.91. The van der Waals surface area contributed by atoms with E-state index in [9.17, 15) is 4.79 Å². The third kappa shape index (κ3) is 3.91. The molecule has 3 rings (SSSR count). The molecule has 0 aliphatic heterocycles. The molecular weight excluding hydrogens is 344 g/mol. The lowest BCUT2D eigenvalue weighted by Gasteiger charge is -2.13. The minimum absolute atomic E-state index is 0.154. The number of hydrogen-bond acceptors (Lipinski definition) is 6. The van der Waals surface area contributed by atoms with Gasteiger partial charge in [0.15, 0.2) is 13.2 Å². The normalized spacial score (nSPS) is 10.2. The highest BCUT2D eigenvalue weighted by Crippen LogP contribution is 2.34. The zero-order valence-corrected chi connectivity index (χ0v) is 14.7. The van der Waals surface area contributed by atoms with Crippen molar-refractivity contribution in [3.63, 3.8) is 0 Å². The Morgan fingerprint density at radius 1 is 1.04 bits per heavy atom. The van der Waals surface area contributed by atoms with Crippen LogP contribution in [-0.4, -0.2) is 13.2 Å². The zero-order valence-electron chi connectivity index (χ0n) is 14.7. The largest absolute Gasteiger partial charge is 0.478 e. The smallest absolute Gasteiger partial charge is 0.340 e. The molecule has 3 aromatic rings. The fraction of sp³-hybridized carbons (Fsp3) is 0.190. The molecule has 0 aliphatic rings. The van der Waals surface area contributed by atoms with E-state index in [4.69, 9.17) is 24.4 Å². The van der Waals surface area contributed by atoms with Crippen LogP contribution in [0.3, 0.4) is 0 Å². The summed E-state index contributed by atoms with van der Waals surface area (Å²) >= 11 is 0. The van der Waals surface area contributed by atoms with Gasteiger partial charge in [0.25, 0.3) is 0 Å². The quantitative estimate of drug-likeness (QED) is 0.624. The van der Waals surface area contributed by atoms with Crippen LogP contribution in [0.2, 0.25) is 0 Å². The summed E-state index contributed by atoms with van der Waals surface area (Å²) < 4.78 is 16.3. The summed E-state index contributed by atoms with van der Waals surface area (Å²) in [5.41, 5.74) is 2.09. The van der Waals surface area contributed by atoms with Crippen molar-refractivity contribution >= 4 is 11.0 Å². The van der Waals surface area contributed by atoms with Crippen LogP contribution in [0.1, 0.15) is 16.7 Å². The Hall–Kier alpha value is -3.77. The van der Waals surface area contributed by atoms with Gasteiger partial charge in [0.1, 0.15) is 29.2 Å². The van der Waals surface area contributed by atoms with Gasteiger partial charge in [-0.2, -0.15) is 10.5 Å². The molecule has 0 saturated carbocycles. The molecule has 0 saturated heterocycles. The molecule has 1 aromatic heterocycles. The van der Waals surface area contributed by atoms with Crippen LogP contribution in [-0.2, 0) is 6.42 Å². The third-order valence-corrected chi connectivity index (χ3v) is 4.14. The van der Waals surface area contributed by atoms with Crippen molar-refractivity contribution in [1.82, 2.24) is 0 Å². The summed E-state index contributed by atoms with van der Waals surface area (Å²) in [5.74, 6) is 0.702. The Kier molecular flexibility index (Phi) is 5.39. The summed E-state index contributed by atoms with van der Waals surface area (Å²) in [7, 11) is 0. The van der Waals surface area contributed by atoms with Gasteiger partial charge in [0, 0.05) is 24.1 Å². The lowest BCUT2D eigenvalue weighted by Crippen LogP contribution is -2.11. The Balaban J connectivity index is 2.16. The van der Waals surface area contributed by atoms with Gasteiger partial charge in [-0.05, 0) is 18.1 Å². The maximum atomic E-state index is 12.6. The molecule has 0 unspecified atom stereocenters. The van der Waals surface area contributed by atoms with Gasteiger partial charge in [-0.25, -0.2) is 4.79 Å². The van der Waals surface area contributed by atoms with E-state index in [1.807, 2.05) is 49.4 Å². The van der Waals surface area contributed by atoms with Crippen LogP contribution in [0.5, 0.6) is 11.5 Å². The van der Waals surface area contributed by atoms with Gasteiger partial charge in [-0.15, -0.1) is 0 Å². The van der Waals surface area contributed by atoms with Gasteiger partial charge in [0.2, 0.25) is 0 Å². The molecule has 0 bridgehead atoms. The first kappa shape index (κ1) is 18.0. The topological polar surface area (TPSA) is 96.2 Å². The Morgan fingerprint density at radius 2 is 1.74 bits per heavy atom. The molecule has 0 aliphatic carbocycles. The van der Waals surface area contributed by atoms with Gasteiger partial charge < -0.3 is 13.9 Å². The summed E-state index contributed by atoms with van der Waals surface area (Å²) in [5, 5.41) is 18.2. The Morgan fingerprint density at radius 3 is 2.44 bits per heavy atom. The molecule has 0 N–H and O–H groups in total. The molecular formula is C21H16N2O4. The molecule has 6 nitrogen and oxygen atoms in total. The van der Waals surface area contributed by atoms with E-state index in [1.165, 1.54) is 0 Å². The standard InChI is InChI=1S/C21H16N2O4/c1-14-17(11-15-5-3-2-4-6-15)21(24)27-19-13-16(25-9-7-22)12-18(20(14)19)26-10-8-23/h2-6,12-13H,9-11H2,1H3. The number of nitriles is 2. The molecule has 1 heterocycles. The molecule has 2 aromatic carbocycles. The van der Waals surface area contributed by atoms with E-state index < -0.39 is 5.63 Å². The lowest BCUT2D eigenvalue weighted by atomic mass is 9.99. The van der Waals surface area contributed by atoms with Gasteiger partial charge >= 0.3 is 5.63 Å². The molecule has 27 heavy (non-hydrogen) atoms. The van der Waals surface area contributed by atoms with E-state index >= 15 is 0 Å².